The molecule has 0 heterocycles. The van der Waals surface area contributed by atoms with Crippen molar-refractivity contribution >= 4 is 126 Å². The Hall–Kier alpha value is -8.26. The molecular weight excluding hydrogens is 1200 g/mol. The van der Waals surface area contributed by atoms with Gasteiger partial charge in [-0.05, 0) is 109 Å². The summed E-state index contributed by atoms with van der Waals surface area (Å²) in [4.78, 5) is 32.4. The number of phenols is 1. The Morgan fingerprint density at radius 3 is 1.90 bits per heavy atom. The first-order chi connectivity index (χ1) is 38.3. The van der Waals surface area contributed by atoms with Crippen LogP contribution in [0.4, 0.5) is 51.2 Å². The summed E-state index contributed by atoms with van der Waals surface area (Å²) in [5.74, 6) is -1.74. The first-order valence-corrected chi connectivity index (χ1v) is 28.8. The molecule has 0 aliphatic heterocycles. The predicted molar refractivity (Wildman–Crippen MR) is 282 cm³/mol. The Balaban J connectivity index is 1.12. The fourth-order valence-electron chi connectivity index (χ4n) is 6.70. The molecule has 0 atom stereocenters. The highest BCUT2D eigenvalue weighted by atomic mass is 32.2. The zero-order chi connectivity index (χ0) is 58.9. The van der Waals surface area contributed by atoms with Gasteiger partial charge in [-0.2, -0.15) is 32.2 Å². The number of hydrogen-bond acceptors (Lipinski definition) is 31. The van der Waals surface area contributed by atoms with E-state index in [-0.39, 0.29) is 67.7 Å². The molecule has 0 unspecified atom stereocenters. The number of non-ortho nitro benzene ring substituents is 1. The van der Waals surface area contributed by atoms with Crippen molar-refractivity contribution in [1.82, 2.24) is 0 Å². The maximum Gasteiger partial charge on any atom is 0.296 e. The molecule has 10 N–H and O–H groups in total. The van der Waals surface area contributed by atoms with Crippen LogP contribution in [0.25, 0.3) is 10.8 Å². The molecule has 0 aromatic heterocycles. The highest BCUT2D eigenvalue weighted by Crippen LogP contribution is 2.50. The number of sulfone groups is 1. The number of fused-ring (bicyclic) bond motifs is 1. The number of nitro benzene ring substituents is 1. The zero-order valence-corrected chi connectivity index (χ0v) is 44.6. The van der Waals surface area contributed by atoms with Crippen molar-refractivity contribution in [2.75, 3.05) is 33.7 Å². The van der Waals surface area contributed by atoms with Crippen LogP contribution in [0.2, 0.25) is 0 Å². The molecule has 0 saturated carbocycles. The number of anilines is 4. The summed E-state index contributed by atoms with van der Waals surface area (Å²) >= 11 is 0.191. The number of azo groups is 2. The number of nitrogens with one attached hydrogen (secondary N) is 3. The number of hydrogen-bond donors (Lipinski definition) is 9. The minimum absolute atomic E-state index is 0.0426. The SMILES string of the molecule is Nc1c(N=Nc2ccc(S(=O)(=O)Nc3ccc(N/N=c4/c(=O)cc/c(=N\Nc5ccc([N+](=O)[O-])cc5)c4=O)cc3)cc2)c(S(=O)(=O)O)cc2cc(SOOO)c(N=Nc3ccc(S(=O)(=O)CCOSOOO)cc3S(=O)(=O)O)c(O)c12. The lowest BCUT2D eigenvalue weighted by Gasteiger charge is -2.14. The zero-order valence-electron chi connectivity index (χ0n) is 39.7. The monoisotopic (exact) mass is 1240 g/mol. The Labute approximate surface area is 461 Å². The van der Waals surface area contributed by atoms with E-state index < -0.39 is 122 Å². The minimum Gasteiger partial charge on any atom is -0.505 e. The van der Waals surface area contributed by atoms with Crippen molar-refractivity contribution in [3.8, 4) is 5.75 Å². The molecule has 0 saturated heterocycles. The van der Waals surface area contributed by atoms with Gasteiger partial charge in [-0.3, -0.25) is 48.6 Å². The van der Waals surface area contributed by atoms with Crippen molar-refractivity contribution in [3.63, 3.8) is 0 Å². The third-order valence-electron chi connectivity index (χ3n) is 10.4. The van der Waals surface area contributed by atoms with E-state index >= 15 is 0 Å². The molecule has 81 heavy (non-hydrogen) atoms. The van der Waals surface area contributed by atoms with Crippen LogP contribution in [0.3, 0.4) is 0 Å². The Morgan fingerprint density at radius 1 is 0.667 bits per heavy atom. The van der Waals surface area contributed by atoms with Crippen molar-refractivity contribution in [2.45, 2.75) is 24.5 Å². The molecular formula is C42H33N11O22S6. The maximum absolute atomic E-state index is 13.4. The van der Waals surface area contributed by atoms with Gasteiger partial charge in [-0.1, -0.05) is 10.1 Å². The number of nitrogens with two attached hydrogens (primary N) is 1. The van der Waals surface area contributed by atoms with Crippen LogP contribution in [0, 0.1) is 10.1 Å². The quantitative estimate of drug-likeness (QED) is 0.00503. The number of benzene rings is 7. The lowest BCUT2D eigenvalue weighted by atomic mass is 10.1. The Morgan fingerprint density at radius 2 is 1.27 bits per heavy atom. The highest BCUT2D eigenvalue weighted by Gasteiger charge is 2.27. The lowest BCUT2D eigenvalue weighted by molar-refractivity contribution is -0.434. The van der Waals surface area contributed by atoms with E-state index in [9.17, 15) is 67.6 Å². The van der Waals surface area contributed by atoms with E-state index in [0.29, 0.717) is 11.8 Å². The fourth-order valence-corrected chi connectivity index (χ4v) is 11.1. The average Bonchev–Trinajstić information content (AvgIpc) is 3.59. The van der Waals surface area contributed by atoms with E-state index in [1.165, 1.54) is 48.5 Å². The first-order valence-electron chi connectivity index (χ1n) is 21.4. The van der Waals surface area contributed by atoms with Crippen LogP contribution < -0.4 is 42.9 Å². The number of nitrogen functional groups attached to an aromatic ring is 1. The predicted octanol–water partition coefficient (Wildman–Crippen LogP) is 5.82. The summed E-state index contributed by atoms with van der Waals surface area (Å²) in [6, 6.07) is 21.2. The van der Waals surface area contributed by atoms with Crippen LogP contribution in [0.1, 0.15) is 0 Å². The van der Waals surface area contributed by atoms with Gasteiger partial charge in [0, 0.05) is 17.8 Å². The molecule has 0 bridgehead atoms. The van der Waals surface area contributed by atoms with Crippen LogP contribution in [0.5, 0.6) is 5.75 Å². The number of sulfonamides is 1. The smallest absolute Gasteiger partial charge is 0.296 e. The summed E-state index contributed by atoms with van der Waals surface area (Å²) < 4.78 is 139. The number of phenolic OH excluding ortho intramolecular Hbond substituents is 1. The molecule has 0 radical (unpaired) electrons. The number of aromatic hydroxyl groups is 1. The van der Waals surface area contributed by atoms with Crippen molar-refractivity contribution in [3.05, 3.63) is 157 Å². The van der Waals surface area contributed by atoms with Crippen molar-refractivity contribution in [2.24, 2.45) is 30.7 Å². The van der Waals surface area contributed by atoms with E-state index in [1.807, 2.05) is 0 Å². The summed E-state index contributed by atoms with van der Waals surface area (Å²) in [7, 11) is -19.2. The molecule has 0 aliphatic rings. The second-order valence-corrected chi connectivity index (χ2v) is 23.4. The molecule has 0 amide bonds. The van der Waals surface area contributed by atoms with Gasteiger partial charge in [0.2, 0.25) is 10.9 Å². The van der Waals surface area contributed by atoms with E-state index in [1.54, 1.807) is 0 Å². The van der Waals surface area contributed by atoms with Gasteiger partial charge in [0.25, 0.3) is 35.9 Å². The first kappa shape index (κ1) is 60.4. The molecule has 7 aromatic carbocycles. The molecule has 0 fully saturated rings. The fraction of sp³-hybridized carbons (Fsp3) is 0.0476. The largest absolute Gasteiger partial charge is 0.505 e. The maximum atomic E-state index is 13.4. The molecule has 39 heteroatoms. The third kappa shape index (κ3) is 15.0. The second kappa shape index (κ2) is 25.5. The topological polar surface area (TPSA) is 497 Å². The molecule has 0 spiro atoms. The van der Waals surface area contributed by atoms with Gasteiger partial charge < -0.3 is 10.8 Å². The van der Waals surface area contributed by atoms with E-state index in [0.717, 1.165) is 60.7 Å². The number of nitrogens with zero attached hydrogens (tertiary/aromatic N) is 7. The van der Waals surface area contributed by atoms with Crippen LogP contribution in [-0.2, 0) is 63.0 Å². The minimum atomic E-state index is -5.28. The lowest BCUT2D eigenvalue weighted by Crippen LogP contribution is -2.47. The van der Waals surface area contributed by atoms with Crippen LogP contribution in [-0.4, -0.2) is 75.7 Å². The Bertz CT molecular complexity index is 4350. The van der Waals surface area contributed by atoms with Gasteiger partial charge in [-0.25, -0.2) is 27.4 Å². The van der Waals surface area contributed by atoms with Crippen molar-refractivity contribution in [1.29, 1.82) is 0 Å². The van der Waals surface area contributed by atoms with Gasteiger partial charge in [0.1, 0.15) is 32.2 Å². The van der Waals surface area contributed by atoms with Gasteiger partial charge in [0.15, 0.2) is 33.3 Å². The van der Waals surface area contributed by atoms with Gasteiger partial charge in [-0.15, -0.1) is 24.0 Å². The van der Waals surface area contributed by atoms with E-state index in [2.05, 4.69) is 65.0 Å². The standard InChI is InChI=1S/C42H33N11O22S6/c43-37-36-22(19-33(76-74-72-59)39(42(36)56)50-47-30-14-13-29(21-34(30)80(65,66)67)78(61,62)18-17-71-77-75-73-60)20-35(81(68,69)70)40(37)51-46-25-7-11-28(12-8-25)79(63,64)52-26-3-1-23(2-4-26)45-49-38-32(54)16-15-31(41(38)55)48-44-24-5-9-27(10-6-24)53(57)58/h1-16,19-21,44-45,52,56,59-60H,17-18,43H2,(H,65,66,67)(H,68,69,70)/b48-31+,49-38-,50-47?,51-46?. The normalized spacial score (nSPS) is 12.9. The van der Waals surface area contributed by atoms with Crippen LogP contribution in [0.15, 0.2) is 180 Å². The molecule has 7 rings (SSSR count). The van der Waals surface area contributed by atoms with Crippen molar-refractivity contribution < 1.29 is 86.2 Å². The summed E-state index contributed by atoms with van der Waals surface area (Å²) in [6.45, 7) is -0.564. The third-order valence-corrected chi connectivity index (χ3v) is 16.2. The molecule has 33 nitrogen and oxygen atoms in total. The summed E-state index contributed by atoms with van der Waals surface area (Å²) in [6.07, 6.45) is 0. The van der Waals surface area contributed by atoms with E-state index in [4.69, 9.17) is 20.4 Å². The molecule has 7 aromatic rings. The van der Waals surface area contributed by atoms with Gasteiger partial charge in [0.05, 0.1) is 72.1 Å². The number of nitro groups is 1. The molecule has 424 valence electrons. The number of rotatable bonds is 24. The Kier molecular flexibility index (Phi) is 19.0. The van der Waals surface area contributed by atoms with Gasteiger partial charge >= 0.3 is 0 Å². The summed E-state index contributed by atoms with van der Waals surface area (Å²) in [5.41, 5.74) is 7.28. The average molecular weight is 1240 g/mol. The second-order valence-electron chi connectivity index (χ2n) is 15.6. The highest BCUT2D eigenvalue weighted by molar-refractivity contribution is 7.94. The summed E-state index contributed by atoms with van der Waals surface area (Å²) in [5, 5.41) is 68.2. The molecule has 0 aliphatic carbocycles. The van der Waals surface area contributed by atoms with Crippen LogP contribution >= 0.6 is 24.4 Å².